The lowest BCUT2D eigenvalue weighted by atomic mass is 10.0. The first kappa shape index (κ1) is 49.7. The van der Waals surface area contributed by atoms with Crippen molar-refractivity contribution < 1.29 is 48.2 Å². The minimum atomic E-state index is -4.81. The molecule has 0 aliphatic carbocycles. The second-order valence-electron chi connectivity index (χ2n) is 13.2. The molecule has 0 spiro atoms. The highest BCUT2D eigenvalue weighted by atomic mass is 31.2. The van der Waals surface area contributed by atoms with E-state index < -0.39 is 44.7 Å². The van der Waals surface area contributed by atoms with Crippen LogP contribution in [0.2, 0.25) is 0 Å². The van der Waals surface area contributed by atoms with E-state index in [-0.39, 0.29) is 19.4 Å². The molecule has 0 aliphatic heterocycles. The van der Waals surface area contributed by atoms with Crippen LogP contribution in [0.5, 0.6) is 0 Å². The number of phosphoric acid groups is 1. The predicted molar refractivity (Wildman–Crippen MR) is 209 cm³/mol. The molecule has 0 unspecified atom stereocenters. The third-order valence-corrected chi connectivity index (χ3v) is 8.70. The lowest BCUT2D eigenvalue weighted by molar-refractivity contribution is -0.161. The molecule has 0 saturated heterocycles. The van der Waals surface area contributed by atoms with Crippen LogP contribution in [0.1, 0.15) is 155 Å². The van der Waals surface area contributed by atoms with Gasteiger partial charge in [0.05, 0.1) is 18.8 Å². The summed E-state index contributed by atoms with van der Waals surface area (Å²) < 4.78 is 26.2. The first-order chi connectivity index (χ1) is 25.1. The molecule has 0 radical (unpaired) electrons. The Labute approximate surface area is 314 Å². The normalized spacial score (nSPS) is 14.3. The zero-order valence-electron chi connectivity index (χ0n) is 32.2. The molecule has 4 N–H and O–H groups in total. The average molecular weight is 755 g/mol. The molecule has 10 nitrogen and oxygen atoms in total. The van der Waals surface area contributed by atoms with Crippen LogP contribution in [0.15, 0.2) is 60.8 Å². The molecule has 0 rings (SSSR count). The van der Waals surface area contributed by atoms with Crippen molar-refractivity contribution in [1.29, 1.82) is 0 Å². The maximum atomic E-state index is 12.4. The smallest absolute Gasteiger partial charge is 0.462 e. The molecular formula is C41H71O10P. The van der Waals surface area contributed by atoms with Crippen LogP contribution in [-0.2, 0) is 28.2 Å². The number of carbonyl (C=O) groups is 2. The van der Waals surface area contributed by atoms with E-state index in [4.69, 9.17) is 19.3 Å². The van der Waals surface area contributed by atoms with Gasteiger partial charge in [0.1, 0.15) is 6.61 Å². The van der Waals surface area contributed by atoms with Gasteiger partial charge in [-0.25, -0.2) is 4.57 Å². The lowest BCUT2D eigenvalue weighted by Gasteiger charge is -2.18. The Balaban J connectivity index is 4.18. The molecule has 3 atom stereocenters. The Morgan fingerprint density at radius 1 is 0.577 bits per heavy atom. The fourth-order valence-corrected chi connectivity index (χ4v) is 5.45. The molecule has 0 aliphatic rings. The SMILES string of the molecule is CCCCC/C=C\C/C=C\C/C=C\C/C=C\CCCC(=O)OC[C@H](COP(=O)(O)O)OC(=O)CCCCCCC[C@H](O)[C@@H](O)C/C=C\CCCCC. The quantitative estimate of drug-likeness (QED) is 0.0212. The highest BCUT2D eigenvalue weighted by molar-refractivity contribution is 7.46. The van der Waals surface area contributed by atoms with Gasteiger partial charge in [-0.3, -0.25) is 14.1 Å². The minimum absolute atomic E-state index is 0.0986. The second-order valence-corrected chi connectivity index (χ2v) is 14.4. The van der Waals surface area contributed by atoms with Gasteiger partial charge in [-0.15, -0.1) is 0 Å². The monoisotopic (exact) mass is 754 g/mol. The van der Waals surface area contributed by atoms with E-state index in [2.05, 4.69) is 60.9 Å². The van der Waals surface area contributed by atoms with E-state index in [1.165, 1.54) is 32.1 Å². The summed E-state index contributed by atoms with van der Waals surface area (Å²) in [5.41, 5.74) is 0. The molecule has 0 aromatic rings. The van der Waals surface area contributed by atoms with Crippen molar-refractivity contribution in [3.8, 4) is 0 Å². The van der Waals surface area contributed by atoms with Gasteiger partial charge < -0.3 is 29.5 Å². The summed E-state index contributed by atoms with van der Waals surface area (Å²) in [4.78, 5) is 42.7. The summed E-state index contributed by atoms with van der Waals surface area (Å²) in [5.74, 6) is -1.07. The predicted octanol–water partition coefficient (Wildman–Crippen LogP) is 9.68. The number of ether oxygens (including phenoxy) is 2. The molecule has 52 heavy (non-hydrogen) atoms. The standard InChI is InChI=1S/C41H71O10P/c1-3-5-7-9-11-12-13-14-15-16-17-18-19-20-21-25-29-33-40(44)49-35-37(36-50-52(46,47)48)51-41(45)34-30-26-22-24-28-32-39(43)38(42)31-27-23-10-8-6-4-2/h11-12,14-15,17-18,20-21,23,27,37-39,42-43H,3-10,13,16,19,22,24-26,28-36H2,1-2H3,(H2,46,47,48)/b12-11-,15-14-,18-17-,21-20-,27-23-/t37-,38+,39+/m1/s1. The molecule has 0 fully saturated rings. The van der Waals surface area contributed by atoms with Crippen LogP contribution < -0.4 is 0 Å². The van der Waals surface area contributed by atoms with Crippen molar-refractivity contribution in [2.75, 3.05) is 13.2 Å². The van der Waals surface area contributed by atoms with E-state index in [0.717, 1.165) is 64.2 Å². The van der Waals surface area contributed by atoms with Crippen LogP contribution in [0.4, 0.5) is 0 Å². The highest BCUT2D eigenvalue weighted by Crippen LogP contribution is 2.36. The molecule has 0 amide bonds. The third kappa shape index (κ3) is 36.0. The van der Waals surface area contributed by atoms with Crippen molar-refractivity contribution in [2.24, 2.45) is 0 Å². The second kappa shape index (κ2) is 35.7. The molecule has 300 valence electrons. The van der Waals surface area contributed by atoms with Crippen molar-refractivity contribution in [3.05, 3.63) is 60.8 Å². The number of esters is 2. The number of carbonyl (C=O) groups excluding carboxylic acids is 2. The fraction of sp³-hybridized carbons (Fsp3) is 0.707. The van der Waals surface area contributed by atoms with Crippen molar-refractivity contribution >= 4 is 19.8 Å². The number of hydrogen-bond acceptors (Lipinski definition) is 8. The van der Waals surface area contributed by atoms with Gasteiger partial charge in [-0.05, 0) is 77.0 Å². The zero-order valence-corrected chi connectivity index (χ0v) is 33.1. The van der Waals surface area contributed by atoms with Crippen LogP contribution >= 0.6 is 7.82 Å². The summed E-state index contributed by atoms with van der Waals surface area (Å²) in [6.45, 7) is 3.40. The largest absolute Gasteiger partial charge is 0.469 e. The number of aliphatic hydroxyl groups is 2. The van der Waals surface area contributed by atoms with Crippen molar-refractivity contribution in [1.82, 2.24) is 0 Å². The van der Waals surface area contributed by atoms with Gasteiger partial charge in [0.2, 0.25) is 0 Å². The third-order valence-electron chi connectivity index (χ3n) is 8.21. The maximum Gasteiger partial charge on any atom is 0.469 e. The highest BCUT2D eigenvalue weighted by Gasteiger charge is 2.23. The Morgan fingerprint density at radius 2 is 1.08 bits per heavy atom. The molecular weight excluding hydrogens is 683 g/mol. The van der Waals surface area contributed by atoms with E-state index in [1.54, 1.807) is 0 Å². The molecule has 0 saturated carbocycles. The van der Waals surface area contributed by atoms with E-state index in [1.807, 2.05) is 18.2 Å². The number of rotatable bonds is 35. The number of unbranched alkanes of at least 4 members (excludes halogenated alkanes) is 11. The van der Waals surface area contributed by atoms with Crippen LogP contribution in [0, 0.1) is 0 Å². The summed E-state index contributed by atoms with van der Waals surface area (Å²) >= 11 is 0. The molecule has 0 heterocycles. The Kier molecular flexibility index (Phi) is 34.1. The fourth-order valence-electron chi connectivity index (χ4n) is 5.09. The topological polar surface area (TPSA) is 160 Å². The first-order valence-corrected chi connectivity index (χ1v) is 21.3. The van der Waals surface area contributed by atoms with E-state index in [9.17, 15) is 24.4 Å². The van der Waals surface area contributed by atoms with Gasteiger partial charge in [-0.1, -0.05) is 126 Å². The number of aliphatic hydroxyl groups excluding tert-OH is 2. The van der Waals surface area contributed by atoms with Gasteiger partial charge in [0, 0.05) is 12.8 Å². The molecule has 0 aromatic carbocycles. The first-order valence-electron chi connectivity index (χ1n) is 19.7. The van der Waals surface area contributed by atoms with E-state index >= 15 is 0 Å². The van der Waals surface area contributed by atoms with Crippen molar-refractivity contribution in [3.63, 3.8) is 0 Å². The summed E-state index contributed by atoms with van der Waals surface area (Å²) in [6, 6.07) is 0. The summed E-state index contributed by atoms with van der Waals surface area (Å²) in [7, 11) is -4.81. The molecule has 11 heteroatoms. The van der Waals surface area contributed by atoms with Gasteiger partial charge in [-0.2, -0.15) is 0 Å². The number of phosphoric ester groups is 1. The summed E-state index contributed by atoms with van der Waals surface area (Å²) in [5, 5.41) is 20.3. The summed E-state index contributed by atoms with van der Waals surface area (Å²) in [6.07, 6.45) is 36.8. The maximum absolute atomic E-state index is 12.4. The molecule has 0 aromatic heterocycles. The van der Waals surface area contributed by atoms with E-state index in [0.29, 0.717) is 32.1 Å². The lowest BCUT2D eigenvalue weighted by Crippen LogP contribution is -2.29. The Morgan fingerprint density at radius 3 is 1.65 bits per heavy atom. The Bertz CT molecular complexity index is 1060. The van der Waals surface area contributed by atoms with Crippen LogP contribution in [0.25, 0.3) is 0 Å². The van der Waals surface area contributed by atoms with Crippen molar-refractivity contribution in [2.45, 2.75) is 173 Å². The Hall–Kier alpha value is -2.33. The average Bonchev–Trinajstić information content (AvgIpc) is 3.11. The van der Waals surface area contributed by atoms with Crippen LogP contribution in [-0.4, -0.2) is 63.5 Å². The minimum Gasteiger partial charge on any atom is -0.462 e. The molecule has 0 bridgehead atoms. The number of hydrogen-bond donors (Lipinski definition) is 4. The van der Waals surface area contributed by atoms with Crippen LogP contribution in [0.3, 0.4) is 0 Å². The number of allylic oxidation sites excluding steroid dienone is 9. The van der Waals surface area contributed by atoms with Gasteiger partial charge >= 0.3 is 19.8 Å². The van der Waals surface area contributed by atoms with Gasteiger partial charge in [0.15, 0.2) is 6.10 Å². The van der Waals surface area contributed by atoms with Gasteiger partial charge in [0.25, 0.3) is 0 Å². The zero-order chi connectivity index (χ0) is 38.5.